The highest BCUT2D eigenvalue weighted by Crippen LogP contribution is 2.30. The van der Waals surface area contributed by atoms with Crippen LogP contribution in [0.3, 0.4) is 0 Å². The van der Waals surface area contributed by atoms with E-state index in [-0.39, 0.29) is 23.6 Å². The summed E-state index contributed by atoms with van der Waals surface area (Å²) < 4.78 is 34.5. The molecular weight excluding hydrogens is 328 g/mol. The Morgan fingerprint density at radius 1 is 1.40 bits per heavy atom. The number of hydrogen-bond acceptors (Lipinski definition) is 4. The summed E-state index contributed by atoms with van der Waals surface area (Å²) in [5.41, 5.74) is 5.29. The molecule has 0 saturated carbocycles. The Bertz CT molecular complexity index is 631. The number of rotatable bonds is 3. The second-order valence-electron chi connectivity index (χ2n) is 7.43. The summed E-state index contributed by atoms with van der Waals surface area (Å²) in [5, 5.41) is 3.12. The lowest BCUT2D eigenvalue weighted by molar-refractivity contribution is 0.0114. The Morgan fingerprint density at radius 3 is 2.68 bits per heavy atom. The Balaban J connectivity index is 2.34. The van der Waals surface area contributed by atoms with Gasteiger partial charge in [-0.05, 0) is 50.9 Å². The molecule has 0 aliphatic carbocycles. The van der Waals surface area contributed by atoms with Gasteiger partial charge < -0.3 is 15.8 Å². The van der Waals surface area contributed by atoms with Crippen LogP contribution in [-0.4, -0.2) is 42.8 Å². The van der Waals surface area contributed by atoms with Gasteiger partial charge in [0, 0.05) is 25.2 Å². The van der Waals surface area contributed by atoms with Gasteiger partial charge in [-0.3, -0.25) is 4.90 Å². The summed E-state index contributed by atoms with van der Waals surface area (Å²) in [6, 6.07) is 1.73. The number of piperazine rings is 1. The molecule has 3 N–H and O–H groups in total. The zero-order chi connectivity index (χ0) is 18.8. The molecule has 0 radical (unpaired) electrons. The molecule has 1 aliphatic heterocycles. The second kappa shape index (κ2) is 7.66. The molecule has 5 nitrogen and oxygen atoms in total. The van der Waals surface area contributed by atoms with Gasteiger partial charge in [-0.25, -0.2) is 13.6 Å². The monoisotopic (exact) mass is 355 g/mol. The van der Waals surface area contributed by atoms with E-state index in [1.807, 2.05) is 0 Å². The van der Waals surface area contributed by atoms with Crippen molar-refractivity contribution in [1.82, 2.24) is 10.2 Å². The average molecular weight is 355 g/mol. The van der Waals surface area contributed by atoms with Gasteiger partial charge >= 0.3 is 6.09 Å². The van der Waals surface area contributed by atoms with Gasteiger partial charge in [-0.15, -0.1) is 0 Å². The van der Waals surface area contributed by atoms with Crippen molar-refractivity contribution in [2.45, 2.75) is 45.3 Å². The number of amides is 1. The van der Waals surface area contributed by atoms with E-state index in [1.165, 1.54) is 17.0 Å². The number of carbonyl (C=O) groups is 1. The molecule has 7 heteroatoms. The fraction of sp³-hybridized carbons (Fsp3) is 0.611. The van der Waals surface area contributed by atoms with Crippen molar-refractivity contribution in [3.8, 4) is 0 Å². The van der Waals surface area contributed by atoms with Gasteiger partial charge in [0.25, 0.3) is 0 Å². The van der Waals surface area contributed by atoms with Crippen LogP contribution in [0.15, 0.2) is 12.1 Å². The number of carbonyl (C=O) groups excluding carboxylic acids is 1. The lowest BCUT2D eigenvalue weighted by Gasteiger charge is -2.37. The lowest BCUT2D eigenvalue weighted by atomic mass is 9.95. The molecule has 1 aromatic carbocycles. The van der Waals surface area contributed by atoms with Crippen molar-refractivity contribution >= 4 is 6.09 Å². The topological polar surface area (TPSA) is 67.6 Å². The van der Waals surface area contributed by atoms with Gasteiger partial charge in [0.2, 0.25) is 0 Å². The highest BCUT2D eigenvalue weighted by atomic mass is 19.1. The summed E-state index contributed by atoms with van der Waals surface area (Å²) in [6.07, 6.45) is -0.529. The molecule has 1 amide bonds. The molecule has 1 heterocycles. The number of benzene rings is 1. The summed E-state index contributed by atoms with van der Waals surface area (Å²) in [4.78, 5) is 13.9. The third-order valence-electron chi connectivity index (χ3n) is 4.23. The van der Waals surface area contributed by atoms with Crippen LogP contribution in [0.1, 0.15) is 50.8 Å². The van der Waals surface area contributed by atoms with Crippen molar-refractivity contribution in [2.75, 3.05) is 26.2 Å². The first-order chi connectivity index (χ1) is 11.6. The number of ether oxygens (including phenoxy) is 1. The zero-order valence-electron chi connectivity index (χ0n) is 15.2. The number of halogens is 2. The van der Waals surface area contributed by atoms with E-state index in [1.54, 1.807) is 27.7 Å². The number of nitrogens with zero attached hydrogens (tertiary/aromatic N) is 1. The molecule has 0 spiro atoms. The Hall–Kier alpha value is -1.73. The number of nitrogens with one attached hydrogen (secondary N) is 1. The van der Waals surface area contributed by atoms with Crippen LogP contribution in [0.5, 0.6) is 0 Å². The average Bonchev–Trinajstić information content (AvgIpc) is 2.54. The first kappa shape index (κ1) is 19.6. The molecule has 0 bridgehead atoms. The van der Waals surface area contributed by atoms with Crippen molar-refractivity contribution < 1.29 is 18.3 Å². The Kier molecular flexibility index (Phi) is 6.00. The van der Waals surface area contributed by atoms with E-state index >= 15 is 0 Å². The molecule has 1 saturated heterocycles. The van der Waals surface area contributed by atoms with E-state index < -0.39 is 29.4 Å². The molecule has 1 fully saturated rings. The Labute approximate surface area is 147 Å². The largest absolute Gasteiger partial charge is 0.444 e. The summed E-state index contributed by atoms with van der Waals surface area (Å²) in [7, 11) is 0. The van der Waals surface area contributed by atoms with E-state index in [4.69, 9.17) is 10.5 Å². The highest BCUT2D eigenvalue weighted by Gasteiger charge is 2.33. The van der Waals surface area contributed by atoms with Gasteiger partial charge in [-0.2, -0.15) is 0 Å². The standard InChI is InChI=1S/C18H27F2N3O2/c1-11(9-21)12-7-15(20)13(8-14(12)19)16-10-22-5-6-23(16)17(24)25-18(2,3)4/h7-8,11,16,22H,5-6,9-10,21H2,1-4H3. The van der Waals surface area contributed by atoms with Gasteiger partial charge in [0.05, 0.1) is 6.04 Å². The maximum Gasteiger partial charge on any atom is 0.410 e. The first-order valence-corrected chi connectivity index (χ1v) is 8.53. The van der Waals surface area contributed by atoms with Gasteiger partial charge in [0.1, 0.15) is 17.2 Å². The van der Waals surface area contributed by atoms with Crippen LogP contribution >= 0.6 is 0 Å². The normalized spacial score (nSPS) is 19.6. The maximum atomic E-state index is 14.7. The Morgan fingerprint density at radius 2 is 2.08 bits per heavy atom. The van der Waals surface area contributed by atoms with Crippen LogP contribution in [0.2, 0.25) is 0 Å². The molecule has 2 rings (SSSR count). The van der Waals surface area contributed by atoms with Crippen LogP contribution in [-0.2, 0) is 4.74 Å². The number of nitrogens with two attached hydrogens (primary N) is 1. The predicted molar refractivity (Wildman–Crippen MR) is 92.4 cm³/mol. The van der Waals surface area contributed by atoms with Crippen molar-refractivity contribution in [3.05, 3.63) is 34.9 Å². The molecule has 25 heavy (non-hydrogen) atoms. The fourth-order valence-corrected chi connectivity index (χ4v) is 2.86. The van der Waals surface area contributed by atoms with Crippen LogP contribution in [0, 0.1) is 11.6 Å². The molecular formula is C18H27F2N3O2. The molecule has 0 aromatic heterocycles. The van der Waals surface area contributed by atoms with Crippen LogP contribution in [0.25, 0.3) is 0 Å². The zero-order valence-corrected chi connectivity index (χ0v) is 15.2. The van der Waals surface area contributed by atoms with Crippen LogP contribution in [0.4, 0.5) is 13.6 Å². The van der Waals surface area contributed by atoms with E-state index in [2.05, 4.69) is 5.32 Å². The van der Waals surface area contributed by atoms with Crippen molar-refractivity contribution in [1.29, 1.82) is 0 Å². The second-order valence-corrected chi connectivity index (χ2v) is 7.43. The van der Waals surface area contributed by atoms with Gasteiger partial charge in [-0.1, -0.05) is 6.92 Å². The minimum atomic E-state index is -0.656. The lowest BCUT2D eigenvalue weighted by Crippen LogP contribution is -2.50. The quantitative estimate of drug-likeness (QED) is 0.875. The van der Waals surface area contributed by atoms with Crippen LogP contribution < -0.4 is 11.1 Å². The molecule has 2 atom stereocenters. The minimum Gasteiger partial charge on any atom is -0.444 e. The summed E-state index contributed by atoms with van der Waals surface area (Å²) >= 11 is 0. The van der Waals surface area contributed by atoms with E-state index in [0.29, 0.717) is 19.6 Å². The highest BCUT2D eigenvalue weighted by molar-refractivity contribution is 5.69. The maximum absolute atomic E-state index is 14.7. The first-order valence-electron chi connectivity index (χ1n) is 8.53. The minimum absolute atomic E-state index is 0.142. The van der Waals surface area contributed by atoms with Gasteiger partial charge in [0.15, 0.2) is 0 Å². The van der Waals surface area contributed by atoms with Crippen molar-refractivity contribution in [3.63, 3.8) is 0 Å². The molecule has 1 aromatic rings. The van der Waals surface area contributed by atoms with E-state index in [0.717, 1.165) is 0 Å². The van der Waals surface area contributed by atoms with E-state index in [9.17, 15) is 13.6 Å². The number of hydrogen-bond donors (Lipinski definition) is 2. The molecule has 140 valence electrons. The fourth-order valence-electron chi connectivity index (χ4n) is 2.86. The third-order valence-corrected chi connectivity index (χ3v) is 4.23. The smallest absolute Gasteiger partial charge is 0.410 e. The SMILES string of the molecule is CC(CN)c1cc(F)c(C2CNCCN2C(=O)OC(C)(C)C)cc1F. The summed E-state index contributed by atoms with van der Waals surface area (Å²) in [5.74, 6) is -1.34. The summed E-state index contributed by atoms with van der Waals surface area (Å²) in [6.45, 7) is 8.55. The third kappa shape index (κ3) is 4.67. The molecule has 2 unspecified atom stereocenters. The molecule has 1 aliphatic rings. The van der Waals surface area contributed by atoms with Crippen molar-refractivity contribution in [2.24, 2.45) is 5.73 Å². The predicted octanol–water partition coefficient (Wildman–Crippen LogP) is 2.91.